The first-order valence-electron chi connectivity index (χ1n) is 13.1. The van der Waals surface area contributed by atoms with Gasteiger partial charge in [0.05, 0.1) is 6.42 Å². The minimum Gasteiger partial charge on any atom is -0.614 e. The van der Waals surface area contributed by atoms with Crippen LogP contribution in [0.5, 0.6) is 0 Å². The Labute approximate surface area is 241 Å². The van der Waals surface area contributed by atoms with Crippen molar-refractivity contribution >= 4 is 40.7 Å². The van der Waals surface area contributed by atoms with Gasteiger partial charge < -0.3 is 14.6 Å². The summed E-state index contributed by atoms with van der Waals surface area (Å²) in [6.45, 7) is 2.00. The van der Waals surface area contributed by atoms with Crippen LogP contribution in [-0.2, 0) is 36.7 Å². The Hall–Kier alpha value is -3.53. The summed E-state index contributed by atoms with van der Waals surface area (Å²) in [5.41, 5.74) is 3.16. The fraction of sp³-hybridized carbons (Fsp3) is 0.258. The third-order valence-electron chi connectivity index (χ3n) is 6.83. The van der Waals surface area contributed by atoms with Gasteiger partial charge in [0.2, 0.25) is 11.3 Å². The fourth-order valence-corrected chi connectivity index (χ4v) is 7.43. The topological polar surface area (TPSA) is 98.8 Å². The Kier molecular flexibility index (Phi) is 8.94. The van der Waals surface area contributed by atoms with E-state index in [-0.39, 0.29) is 23.8 Å². The number of benzene rings is 3. The van der Waals surface area contributed by atoms with Gasteiger partial charge in [0.25, 0.3) is 5.91 Å². The number of rotatable bonds is 10. The molecule has 1 saturated heterocycles. The van der Waals surface area contributed by atoms with Gasteiger partial charge in [-0.15, -0.1) is 0 Å². The van der Waals surface area contributed by atoms with Gasteiger partial charge in [-0.3, -0.25) is 14.5 Å². The smallest absolute Gasteiger partial charge is 0.356 e. The van der Waals surface area contributed by atoms with E-state index in [2.05, 4.69) is 5.32 Å². The second kappa shape index (κ2) is 12.8. The van der Waals surface area contributed by atoms with Crippen molar-refractivity contribution in [1.29, 1.82) is 0 Å². The maximum atomic E-state index is 13.9. The van der Waals surface area contributed by atoms with E-state index in [1.165, 1.54) is 4.90 Å². The number of hydrogen-bond acceptors (Lipinski definition) is 6. The predicted octanol–water partition coefficient (Wildman–Crippen LogP) is 3.98. The summed E-state index contributed by atoms with van der Waals surface area (Å²) in [6, 6.07) is 27.1. The molecule has 5 rings (SSSR count). The van der Waals surface area contributed by atoms with Crippen LogP contribution in [0.1, 0.15) is 29.7 Å². The number of amides is 2. The molecule has 0 radical (unpaired) electrons. The van der Waals surface area contributed by atoms with E-state index in [0.29, 0.717) is 11.3 Å². The summed E-state index contributed by atoms with van der Waals surface area (Å²) in [7, 11) is 0. The molecule has 0 aromatic heterocycles. The lowest BCUT2D eigenvalue weighted by molar-refractivity contribution is -0.155. The van der Waals surface area contributed by atoms with Gasteiger partial charge in [-0.1, -0.05) is 97.9 Å². The van der Waals surface area contributed by atoms with Crippen LogP contribution in [0, 0.1) is 0 Å². The molecule has 0 spiro atoms. The molecule has 2 unspecified atom stereocenters. The lowest BCUT2D eigenvalue weighted by atomic mass is 10.0. The van der Waals surface area contributed by atoms with Gasteiger partial charge in [-0.05, 0) is 33.6 Å². The SMILES string of the molecule is CCSCC1=C(C(=O)OC(c2ccccc2)c2ccccc2)N2C(=O)C(NC(=O)Cc3ccccc3)[C@H]2[S+]([O-])C1. The second-order valence-corrected chi connectivity index (χ2v) is 12.3. The number of carbonyl (C=O) groups is 3. The summed E-state index contributed by atoms with van der Waals surface area (Å²) >= 11 is 0.0970. The van der Waals surface area contributed by atoms with Crippen LogP contribution >= 0.6 is 11.8 Å². The van der Waals surface area contributed by atoms with Crippen LogP contribution in [0.3, 0.4) is 0 Å². The van der Waals surface area contributed by atoms with E-state index < -0.39 is 40.6 Å². The molecule has 1 fully saturated rings. The zero-order valence-electron chi connectivity index (χ0n) is 22.0. The molecule has 3 atom stereocenters. The normalized spacial score (nSPS) is 20.1. The summed E-state index contributed by atoms with van der Waals surface area (Å²) in [5, 5.41) is 1.93. The Bertz CT molecular complexity index is 1350. The van der Waals surface area contributed by atoms with Gasteiger partial charge in [-0.25, -0.2) is 4.79 Å². The van der Waals surface area contributed by atoms with Crippen LogP contribution in [0.2, 0.25) is 0 Å². The van der Waals surface area contributed by atoms with E-state index in [0.717, 1.165) is 22.4 Å². The van der Waals surface area contributed by atoms with Crippen LogP contribution in [0.25, 0.3) is 0 Å². The van der Waals surface area contributed by atoms with Crippen molar-refractivity contribution in [2.75, 3.05) is 17.3 Å². The molecular formula is C31H30N2O5S2. The summed E-state index contributed by atoms with van der Waals surface area (Å²) < 4.78 is 19.4. The lowest BCUT2D eigenvalue weighted by Crippen LogP contribution is -2.75. The van der Waals surface area contributed by atoms with Crippen molar-refractivity contribution < 1.29 is 23.7 Å². The number of carbonyl (C=O) groups excluding carboxylic acids is 3. The van der Waals surface area contributed by atoms with E-state index >= 15 is 0 Å². The average Bonchev–Trinajstić information content (AvgIpc) is 2.98. The largest absolute Gasteiger partial charge is 0.614 e. The molecule has 3 aromatic carbocycles. The van der Waals surface area contributed by atoms with Crippen molar-refractivity contribution in [1.82, 2.24) is 10.2 Å². The van der Waals surface area contributed by atoms with Crippen molar-refractivity contribution in [2.24, 2.45) is 0 Å². The Morgan fingerprint density at radius 2 is 1.57 bits per heavy atom. The van der Waals surface area contributed by atoms with Crippen LogP contribution in [0.15, 0.2) is 102 Å². The molecule has 2 amide bonds. The van der Waals surface area contributed by atoms with E-state index in [9.17, 15) is 18.9 Å². The third kappa shape index (κ3) is 5.96. The Morgan fingerprint density at radius 1 is 1.00 bits per heavy atom. The molecule has 0 bridgehead atoms. The molecule has 0 aliphatic carbocycles. The van der Waals surface area contributed by atoms with Crippen molar-refractivity contribution in [3.05, 3.63) is 119 Å². The highest BCUT2D eigenvalue weighted by Gasteiger charge is 2.61. The fourth-order valence-electron chi connectivity index (χ4n) is 4.93. The maximum Gasteiger partial charge on any atom is 0.356 e. The maximum absolute atomic E-state index is 13.9. The number of nitrogens with one attached hydrogen (secondary N) is 1. The molecule has 40 heavy (non-hydrogen) atoms. The number of hydrogen-bond donors (Lipinski definition) is 1. The quantitative estimate of drug-likeness (QED) is 0.223. The molecule has 3 aromatic rings. The van der Waals surface area contributed by atoms with Crippen molar-refractivity contribution in [3.8, 4) is 0 Å². The molecule has 7 nitrogen and oxygen atoms in total. The number of ether oxygens (including phenoxy) is 1. The van der Waals surface area contributed by atoms with Gasteiger partial charge in [0.1, 0.15) is 11.4 Å². The summed E-state index contributed by atoms with van der Waals surface area (Å²) in [5.74, 6) is -0.0526. The zero-order chi connectivity index (χ0) is 28.1. The standard InChI is InChI=1S/C31H30N2O5S2/c1-2-39-19-24-20-40(37)30-26(32-25(34)18-21-12-6-3-7-13-21)29(35)33(30)27(24)31(36)38-28(22-14-8-4-9-15-22)23-16-10-5-11-17-23/h3-17,26,28,30H,2,18-20H2,1H3,(H,32,34)/t26?,30-,40?/m1/s1. The second-order valence-electron chi connectivity index (χ2n) is 9.53. The minimum absolute atomic E-state index is 0.100. The van der Waals surface area contributed by atoms with E-state index in [1.807, 2.05) is 97.9 Å². The van der Waals surface area contributed by atoms with Crippen LogP contribution in [-0.4, -0.2) is 55.9 Å². The molecule has 206 valence electrons. The third-order valence-corrected chi connectivity index (χ3v) is 9.45. The minimum atomic E-state index is -1.49. The van der Waals surface area contributed by atoms with Crippen molar-refractivity contribution in [3.63, 3.8) is 0 Å². The Morgan fingerprint density at radius 3 is 2.15 bits per heavy atom. The summed E-state index contributed by atoms with van der Waals surface area (Å²) in [4.78, 5) is 41.3. The van der Waals surface area contributed by atoms with Gasteiger partial charge in [0, 0.05) is 11.3 Å². The molecule has 9 heteroatoms. The van der Waals surface area contributed by atoms with Crippen LogP contribution in [0.4, 0.5) is 0 Å². The highest BCUT2D eigenvalue weighted by Crippen LogP contribution is 2.39. The van der Waals surface area contributed by atoms with Crippen LogP contribution < -0.4 is 5.32 Å². The number of thioether (sulfide) groups is 1. The Balaban J connectivity index is 1.41. The number of β-lactam (4-membered cyclic amide) rings is 1. The number of nitrogens with zero attached hydrogens (tertiary/aromatic N) is 1. The first-order valence-corrected chi connectivity index (χ1v) is 15.7. The first-order chi connectivity index (χ1) is 19.5. The molecule has 2 heterocycles. The summed E-state index contributed by atoms with van der Waals surface area (Å²) in [6.07, 6.45) is -0.589. The van der Waals surface area contributed by atoms with E-state index in [4.69, 9.17) is 4.74 Å². The molecule has 1 N–H and O–H groups in total. The highest BCUT2D eigenvalue weighted by molar-refractivity contribution is 7.99. The highest BCUT2D eigenvalue weighted by atomic mass is 32.2. The van der Waals surface area contributed by atoms with Crippen molar-refractivity contribution in [2.45, 2.75) is 30.9 Å². The van der Waals surface area contributed by atoms with E-state index in [1.54, 1.807) is 11.8 Å². The molecule has 2 aliphatic heterocycles. The monoisotopic (exact) mass is 574 g/mol. The molecule has 2 aliphatic rings. The molecule has 0 saturated carbocycles. The number of fused-ring (bicyclic) bond motifs is 1. The van der Waals surface area contributed by atoms with Gasteiger partial charge in [0.15, 0.2) is 12.1 Å². The first kappa shape index (κ1) is 28.0. The predicted molar refractivity (Wildman–Crippen MR) is 157 cm³/mol. The molecular weight excluding hydrogens is 544 g/mol. The lowest BCUT2D eigenvalue weighted by Gasteiger charge is -2.49. The number of esters is 1. The zero-order valence-corrected chi connectivity index (χ0v) is 23.7. The average molecular weight is 575 g/mol. The van der Waals surface area contributed by atoms with Gasteiger partial charge >= 0.3 is 5.97 Å². The van der Waals surface area contributed by atoms with Gasteiger partial charge in [-0.2, -0.15) is 11.8 Å².